The number of hydrogen-bond acceptors (Lipinski definition) is 7. The van der Waals surface area contributed by atoms with Crippen LogP contribution in [-0.2, 0) is 16.0 Å². The Morgan fingerprint density at radius 2 is 1.48 bits per heavy atom. The van der Waals surface area contributed by atoms with Crippen LogP contribution < -0.4 is 5.59 Å². The molecular formula is C23H34BN3O6. The molecule has 33 heavy (non-hydrogen) atoms. The number of carbonyl (C=O) groups excluding carboxylic acids is 2. The van der Waals surface area contributed by atoms with Crippen LogP contribution in [0.25, 0.3) is 10.9 Å². The summed E-state index contributed by atoms with van der Waals surface area (Å²) in [6.45, 7) is 14.1. The number of piperazine rings is 1. The minimum absolute atomic E-state index is 0.0578. The van der Waals surface area contributed by atoms with Crippen LogP contribution in [-0.4, -0.2) is 81.1 Å². The van der Waals surface area contributed by atoms with Crippen molar-refractivity contribution >= 4 is 35.8 Å². The molecular weight excluding hydrogens is 425 g/mol. The molecule has 1 saturated heterocycles. The second-order valence-electron chi connectivity index (χ2n) is 10.4. The molecule has 2 N–H and O–H groups in total. The zero-order valence-electron chi connectivity index (χ0n) is 20.3. The Morgan fingerprint density at radius 1 is 0.909 bits per heavy atom. The summed E-state index contributed by atoms with van der Waals surface area (Å²) in [7, 11) is -1.81. The molecule has 1 aliphatic heterocycles. The summed E-state index contributed by atoms with van der Waals surface area (Å²) in [6.07, 6.45) is -0.950. The Balaban J connectivity index is 1.72. The number of amides is 1. The molecule has 2 heterocycles. The van der Waals surface area contributed by atoms with E-state index in [1.165, 1.54) is 4.57 Å². The molecule has 1 aliphatic rings. The van der Waals surface area contributed by atoms with E-state index >= 15 is 0 Å². The summed E-state index contributed by atoms with van der Waals surface area (Å²) < 4.78 is 12.1. The number of ether oxygens (including phenoxy) is 2. The third-order valence-corrected chi connectivity index (χ3v) is 5.17. The summed E-state index contributed by atoms with van der Waals surface area (Å²) >= 11 is 0. The highest BCUT2D eigenvalue weighted by atomic mass is 16.6. The monoisotopic (exact) mass is 459 g/mol. The second-order valence-corrected chi connectivity index (χ2v) is 10.4. The van der Waals surface area contributed by atoms with Gasteiger partial charge in [-0.15, -0.1) is 0 Å². The molecule has 0 aliphatic carbocycles. The fourth-order valence-corrected chi connectivity index (χ4v) is 3.76. The summed E-state index contributed by atoms with van der Waals surface area (Å²) in [5.74, 6) is 0. The van der Waals surface area contributed by atoms with E-state index in [-0.39, 0.29) is 11.7 Å². The molecule has 0 bridgehead atoms. The van der Waals surface area contributed by atoms with Gasteiger partial charge in [0.05, 0.1) is 11.1 Å². The minimum Gasteiger partial charge on any atom is -0.444 e. The Morgan fingerprint density at radius 3 is 2.03 bits per heavy atom. The maximum Gasteiger partial charge on any atom is 0.506 e. The SMILES string of the molecule is CC(C)(C)OC(=O)N1CCN(Cc2ccc3c(c2)cc(B(O)O)n3C(=O)OC(C)(C)C)CC1. The van der Waals surface area contributed by atoms with Gasteiger partial charge in [-0.25, -0.2) is 9.59 Å². The number of benzene rings is 1. The summed E-state index contributed by atoms with van der Waals surface area (Å²) in [6, 6.07) is 7.23. The van der Waals surface area contributed by atoms with Crippen LogP contribution in [0.1, 0.15) is 47.1 Å². The molecule has 0 unspecified atom stereocenters. The Bertz CT molecular complexity index is 1010. The van der Waals surface area contributed by atoms with Gasteiger partial charge in [0.15, 0.2) is 0 Å². The Labute approximate surface area is 195 Å². The molecule has 180 valence electrons. The van der Waals surface area contributed by atoms with Gasteiger partial charge in [0.25, 0.3) is 0 Å². The maximum absolute atomic E-state index is 12.7. The van der Waals surface area contributed by atoms with Crippen LogP contribution in [0.15, 0.2) is 24.3 Å². The van der Waals surface area contributed by atoms with Crippen LogP contribution in [0.3, 0.4) is 0 Å². The van der Waals surface area contributed by atoms with Crippen molar-refractivity contribution in [3.05, 3.63) is 29.8 Å². The number of nitrogens with zero attached hydrogens (tertiary/aromatic N) is 3. The summed E-state index contributed by atoms with van der Waals surface area (Å²) in [5.41, 5.74) is 0.398. The molecule has 0 atom stereocenters. The van der Waals surface area contributed by atoms with E-state index in [1.807, 2.05) is 32.9 Å². The average molecular weight is 459 g/mol. The van der Waals surface area contributed by atoms with Crippen molar-refractivity contribution in [2.75, 3.05) is 26.2 Å². The minimum atomic E-state index is -1.81. The smallest absolute Gasteiger partial charge is 0.444 e. The fraction of sp³-hybridized carbons (Fsp3) is 0.565. The highest BCUT2D eigenvalue weighted by Crippen LogP contribution is 2.21. The van der Waals surface area contributed by atoms with E-state index in [9.17, 15) is 19.6 Å². The van der Waals surface area contributed by atoms with Crippen molar-refractivity contribution in [1.82, 2.24) is 14.4 Å². The molecule has 0 saturated carbocycles. The fourth-order valence-electron chi connectivity index (χ4n) is 3.76. The normalized spacial score (nSPS) is 15.6. The van der Waals surface area contributed by atoms with Crippen LogP contribution >= 0.6 is 0 Å². The van der Waals surface area contributed by atoms with Gasteiger partial charge in [-0.05, 0) is 65.3 Å². The van der Waals surface area contributed by atoms with Crippen molar-refractivity contribution in [3.63, 3.8) is 0 Å². The van der Waals surface area contributed by atoms with E-state index in [4.69, 9.17) is 9.47 Å². The lowest BCUT2D eigenvalue weighted by molar-refractivity contribution is 0.0139. The van der Waals surface area contributed by atoms with Gasteiger partial charge in [-0.1, -0.05) is 6.07 Å². The Hall–Kier alpha value is -2.56. The molecule has 1 aromatic heterocycles. The second kappa shape index (κ2) is 9.36. The number of aromatic nitrogens is 1. The molecule has 10 heteroatoms. The first-order valence-electron chi connectivity index (χ1n) is 11.2. The lowest BCUT2D eigenvalue weighted by atomic mass is 9.86. The first-order chi connectivity index (χ1) is 15.2. The lowest BCUT2D eigenvalue weighted by Gasteiger charge is -2.35. The van der Waals surface area contributed by atoms with Crippen LogP contribution in [0.4, 0.5) is 9.59 Å². The van der Waals surface area contributed by atoms with Crippen molar-refractivity contribution in [2.24, 2.45) is 0 Å². The van der Waals surface area contributed by atoms with E-state index in [0.717, 1.165) is 18.7 Å². The summed E-state index contributed by atoms with van der Waals surface area (Å²) in [4.78, 5) is 28.9. The first kappa shape index (κ1) is 25.1. The van der Waals surface area contributed by atoms with Gasteiger partial charge in [0.2, 0.25) is 0 Å². The largest absolute Gasteiger partial charge is 0.506 e. The van der Waals surface area contributed by atoms with Crippen LogP contribution in [0, 0.1) is 0 Å². The van der Waals surface area contributed by atoms with Crippen LogP contribution in [0.2, 0.25) is 0 Å². The topological polar surface area (TPSA) is 104 Å². The van der Waals surface area contributed by atoms with Crippen molar-refractivity contribution in [2.45, 2.75) is 59.3 Å². The van der Waals surface area contributed by atoms with Gasteiger partial charge < -0.3 is 24.4 Å². The van der Waals surface area contributed by atoms with Gasteiger partial charge >= 0.3 is 19.3 Å². The number of carbonyl (C=O) groups is 2. The standard InChI is InChI=1S/C23H34BN3O6/c1-22(2,3)32-20(28)26-11-9-25(10-12-26)15-16-7-8-18-17(13-16)14-19(24(30)31)27(18)21(29)33-23(4,5)6/h7-8,13-14,30-31H,9-12,15H2,1-6H3. The van der Waals surface area contributed by atoms with E-state index in [1.54, 1.807) is 37.8 Å². The van der Waals surface area contributed by atoms with Gasteiger partial charge in [-0.2, -0.15) is 0 Å². The molecule has 1 fully saturated rings. The lowest BCUT2D eigenvalue weighted by Crippen LogP contribution is -2.49. The molecule has 0 spiro atoms. The third-order valence-electron chi connectivity index (χ3n) is 5.17. The number of fused-ring (bicyclic) bond motifs is 1. The maximum atomic E-state index is 12.7. The third kappa shape index (κ3) is 6.49. The van der Waals surface area contributed by atoms with E-state index in [0.29, 0.717) is 30.5 Å². The molecule has 0 radical (unpaired) electrons. The summed E-state index contributed by atoms with van der Waals surface area (Å²) in [5, 5.41) is 20.3. The predicted octanol–water partition coefficient (Wildman–Crippen LogP) is 2.16. The highest BCUT2D eigenvalue weighted by molar-refractivity contribution is 6.59. The Kier molecular flexibility index (Phi) is 7.11. The van der Waals surface area contributed by atoms with Gasteiger partial charge in [0, 0.05) is 38.1 Å². The molecule has 9 nitrogen and oxygen atoms in total. The zero-order chi connectivity index (χ0) is 24.6. The molecule has 2 aromatic rings. The van der Waals surface area contributed by atoms with E-state index in [2.05, 4.69) is 4.90 Å². The van der Waals surface area contributed by atoms with E-state index < -0.39 is 24.4 Å². The number of hydrogen-bond donors (Lipinski definition) is 2. The van der Waals surface area contributed by atoms with Gasteiger partial charge in [0.1, 0.15) is 11.2 Å². The predicted molar refractivity (Wildman–Crippen MR) is 126 cm³/mol. The average Bonchev–Trinajstić information content (AvgIpc) is 3.05. The highest BCUT2D eigenvalue weighted by Gasteiger charge is 2.28. The number of rotatable bonds is 3. The first-order valence-corrected chi connectivity index (χ1v) is 11.2. The van der Waals surface area contributed by atoms with Gasteiger partial charge in [-0.3, -0.25) is 9.47 Å². The molecule has 3 rings (SSSR count). The van der Waals surface area contributed by atoms with Crippen molar-refractivity contribution in [1.29, 1.82) is 0 Å². The molecule has 1 aromatic carbocycles. The molecule has 1 amide bonds. The quantitative estimate of drug-likeness (QED) is 0.678. The van der Waals surface area contributed by atoms with Crippen LogP contribution in [0.5, 0.6) is 0 Å². The van der Waals surface area contributed by atoms with Crippen molar-refractivity contribution < 1.29 is 29.1 Å². The van der Waals surface area contributed by atoms with Crippen molar-refractivity contribution in [3.8, 4) is 0 Å². The zero-order valence-corrected chi connectivity index (χ0v) is 20.3.